The molecule has 0 unspecified atom stereocenters. The lowest BCUT2D eigenvalue weighted by Gasteiger charge is -2.20. The Morgan fingerprint density at radius 3 is 1.48 bits per heavy atom. The van der Waals surface area contributed by atoms with E-state index in [9.17, 15) is 9.13 Å². The van der Waals surface area contributed by atoms with Crippen LogP contribution in [0.25, 0.3) is 11.4 Å². The van der Waals surface area contributed by atoms with Gasteiger partial charge in [-0.05, 0) is 92.2 Å². The second kappa shape index (κ2) is 17.8. The van der Waals surface area contributed by atoms with Crippen molar-refractivity contribution in [3.63, 3.8) is 0 Å². The van der Waals surface area contributed by atoms with E-state index in [0.717, 1.165) is 10.2 Å². The van der Waals surface area contributed by atoms with Crippen LogP contribution in [-0.4, -0.2) is 35.6 Å². The number of aromatic nitrogens is 2. The number of hydrogen-bond donors (Lipinski definition) is 0. The Morgan fingerprint density at radius 2 is 1.02 bits per heavy atom. The van der Waals surface area contributed by atoms with Crippen molar-refractivity contribution in [2.24, 2.45) is 0 Å². The van der Waals surface area contributed by atoms with E-state index < -0.39 is 14.5 Å². The van der Waals surface area contributed by atoms with Crippen molar-refractivity contribution in [2.75, 3.05) is 26.4 Å². The lowest BCUT2D eigenvalue weighted by Crippen LogP contribution is -2.16. The van der Waals surface area contributed by atoms with Crippen LogP contribution in [0.3, 0.4) is 0 Å². The Balaban J connectivity index is 0.000000229. The van der Waals surface area contributed by atoms with Gasteiger partial charge in [0.25, 0.3) is 0 Å². The van der Waals surface area contributed by atoms with Gasteiger partial charge in [-0.25, -0.2) is 4.57 Å². The largest absolute Gasteiger partial charge is 0.424 e. The number of halogens is 2. The monoisotopic (exact) mass is 672 g/mol. The normalized spacial score (nSPS) is 11.2. The summed E-state index contributed by atoms with van der Waals surface area (Å²) >= 11 is 8.74. The summed E-state index contributed by atoms with van der Waals surface area (Å²) in [5, 5.41) is 0.593. The van der Waals surface area contributed by atoms with Gasteiger partial charge in [0.15, 0.2) is 0 Å². The molecule has 4 aromatic rings. The summed E-state index contributed by atoms with van der Waals surface area (Å²) in [6, 6.07) is 23.5. The molecule has 12 heteroatoms. The van der Waals surface area contributed by atoms with Crippen molar-refractivity contribution >= 4 is 47.0 Å². The Morgan fingerprint density at radius 1 is 0.625 bits per heavy atom. The van der Waals surface area contributed by atoms with Gasteiger partial charge in [-0.15, -0.1) is 0 Å². The Bertz CT molecular complexity index is 1330. The minimum atomic E-state index is -3.27. The summed E-state index contributed by atoms with van der Waals surface area (Å²) < 4.78 is 48.7. The first-order valence-electron chi connectivity index (χ1n) is 12.8. The average molecular weight is 674 g/mol. The van der Waals surface area contributed by atoms with Crippen molar-refractivity contribution < 1.29 is 27.2 Å². The van der Waals surface area contributed by atoms with E-state index in [2.05, 4.69) is 35.6 Å². The van der Waals surface area contributed by atoms with Gasteiger partial charge in [0.2, 0.25) is 0 Å². The second-order valence-corrected chi connectivity index (χ2v) is 13.2. The van der Waals surface area contributed by atoms with Crippen LogP contribution in [0.5, 0.6) is 0 Å². The molecule has 0 saturated heterocycles. The molecule has 0 N–H and O–H groups in total. The van der Waals surface area contributed by atoms with Crippen LogP contribution < -0.4 is 5.30 Å². The summed E-state index contributed by atoms with van der Waals surface area (Å²) in [4.78, 5) is 0. The van der Waals surface area contributed by atoms with Crippen LogP contribution in [0.2, 0.25) is 0 Å². The van der Waals surface area contributed by atoms with Crippen molar-refractivity contribution in [3.8, 4) is 11.4 Å². The Kier molecular flexibility index (Phi) is 15.2. The lowest BCUT2D eigenvalue weighted by molar-refractivity contribution is 0.229. The van der Waals surface area contributed by atoms with E-state index >= 15 is 0 Å². The zero-order chi connectivity index (χ0) is 29.4. The summed E-state index contributed by atoms with van der Waals surface area (Å²) in [6.07, 6.45) is 7.86. The van der Waals surface area contributed by atoms with E-state index in [1.807, 2.05) is 104 Å². The van der Waals surface area contributed by atoms with Crippen LogP contribution in [0, 0.1) is 0 Å². The molecule has 0 radical (unpaired) electrons. The zero-order valence-electron chi connectivity index (χ0n) is 23.1. The topological polar surface area (TPSA) is 80.9 Å². The number of para-hydroxylation sites is 2. The molecule has 0 saturated carbocycles. The first kappa shape index (κ1) is 34.3. The second-order valence-electron chi connectivity index (χ2n) is 7.72. The molecule has 40 heavy (non-hydrogen) atoms. The van der Waals surface area contributed by atoms with E-state index in [1.165, 1.54) is 5.69 Å². The molecule has 0 spiro atoms. The van der Waals surface area contributed by atoms with E-state index in [4.69, 9.17) is 20.3 Å². The van der Waals surface area contributed by atoms with Crippen LogP contribution in [-0.2, 0) is 27.2 Å². The van der Waals surface area contributed by atoms with E-state index in [1.54, 1.807) is 19.9 Å². The molecule has 4 rings (SSSR count). The molecule has 2 aromatic carbocycles. The van der Waals surface area contributed by atoms with Crippen molar-refractivity contribution in [1.82, 2.24) is 9.13 Å². The quantitative estimate of drug-likeness (QED) is 0.148. The summed E-state index contributed by atoms with van der Waals surface area (Å²) in [5.74, 6) is 0. The third-order valence-corrected chi connectivity index (χ3v) is 9.51. The number of hydrogen-bond acceptors (Lipinski definition) is 6. The van der Waals surface area contributed by atoms with Crippen LogP contribution in [0.1, 0.15) is 27.7 Å². The maximum absolute atomic E-state index is 12.9. The van der Waals surface area contributed by atoms with Gasteiger partial charge in [0, 0.05) is 40.5 Å². The molecule has 0 aliphatic rings. The molecule has 218 valence electrons. The third kappa shape index (κ3) is 10.8. The highest BCUT2D eigenvalue weighted by Gasteiger charge is 2.29. The fourth-order valence-electron chi connectivity index (χ4n) is 3.43. The van der Waals surface area contributed by atoms with Crippen molar-refractivity contribution in [1.29, 1.82) is 0 Å². The van der Waals surface area contributed by atoms with E-state index in [-0.39, 0.29) is 0 Å². The molecule has 0 fully saturated rings. The number of nitrogens with zero attached hydrogens (tertiary/aromatic N) is 2. The molecule has 0 aliphatic heterocycles. The molecule has 2 heterocycles. The summed E-state index contributed by atoms with van der Waals surface area (Å²) in [6.45, 7) is 5.11. The van der Waals surface area contributed by atoms with Crippen LogP contribution in [0.4, 0.5) is 0 Å². The third-order valence-electron chi connectivity index (χ3n) is 4.96. The van der Waals surface area contributed by atoms with Crippen molar-refractivity contribution in [3.05, 3.63) is 102 Å². The molecular formula is C28H36BrClN2O6P2. The summed E-state index contributed by atoms with van der Waals surface area (Å²) in [7, 11) is -3.27. The number of rotatable bonds is 11. The van der Waals surface area contributed by atoms with E-state index in [0.29, 0.717) is 31.7 Å². The van der Waals surface area contributed by atoms with Crippen LogP contribution in [0.15, 0.2) is 102 Å². The molecule has 0 bridgehead atoms. The van der Waals surface area contributed by atoms with Gasteiger partial charge >= 0.3 is 14.5 Å². The SMILES string of the molecule is Brc1ccccc1-n1cccc1.CCOP(=O)(Cl)OCC.CCOP(=O)(OCC)c1ccccc1-n1cccc1. The summed E-state index contributed by atoms with van der Waals surface area (Å²) in [5.41, 5.74) is 1.99. The smallest absolute Gasteiger partial charge is 0.323 e. The highest BCUT2D eigenvalue weighted by Crippen LogP contribution is 2.53. The molecule has 2 aromatic heterocycles. The first-order chi connectivity index (χ1) is 19.2. The highest BCUT2D eigenvalue weighted by molar-refractivity contribution is 9.10. The molecule has 0 aliphatic carbocycles. The Hall–Kier alpha value is -1.93. The maximum Gasteiger partial charge on any atom is 0.424 e. The molecular weight excluding hydrogens is 638 g/mol. The Labute approximate surface area is 250 Å². The fourth-order valence-corrected chi connectivity index (χ4v) is 6.97. The van der Waals surface area contributed by atoms with Gasteiger partial charge < -0.3 is 18.2 Å². The van der Waals surface area contributed by atoms with Gasteiger partial charge in [-0.3, -0.25) is 13.6 Å². The van der Waals surface area contributed by atoms with Gasteiger partial charge in [0.1, 0.15) is 0 Å². The van der Waals surface area contributed by atoms with Gasteiger partial charge in [0.05, 0.1) is 43.1 Å². The predicted molar refractivity (Wildman–Crippen MR) is 166 cm³/mol. The molecule has 0 amide bonds. The molecule has 8 nitrogen and oxygen atoms in total. The standard InChI is InChI=1S/C14H18NO3P.C10H8BrN.C4H10ClO3P/c1-3-17-19(16,18-4-2)14-10-6-5-9-13(14)15-11-7-8-12-15;11-9-5-1-2-6-10(9)12-7-3-4-8-12;1-3-7-9(5,6)8-4-2/h5-12H,3-4H2,1-2H3;1-8H;3-4H2,1-2H3. The van der Waals surface area contributed by atoms with Crippen LogP contribution >= 0.6 is 41.7 Å². The number of benzene rings is 2. The van der Waals surface area contributed by atoms with Gasteiger partial charge in [-0.1, -0.05) is 24.3 Å². The maximum atomic E-state index is 12.9. The molecule has 0 atom stereocenters. The lowest BCUT2D eigenvalue weighted by atomic mass is 10.3. The average Bonchev–Trinajstić information content (AvgIpc) is 3.65. The zero-order valence-corrected chi connectivity index (χ0v) is 27.2. The van der Waals surface area contributed by atoms with Gasteiger partial charge in [-0.2, -0.15) is 0 Å². The minimum absolute atomic E-state index is 0.306. The fraction of sp³-hybridized carbons (Fsp3) is 0.286. The minimum Gasteiger partial charge on any atom is -0.323 e. The predicted octanol–water partition coefficient (Wildman–Crippen LogP) is 9.01. The highest BCUT2D eigenvalue weighted by atomic mass is 79.9. The first-order valence-corrected chi connectivity index (χ1v) is 17.6. The van der Waals surface area contributed by atoms with Crippen molar-refractivity contribution in [2.45, 2.75) is 27.7 Å².